The molecule has 168 valence electrons. The van der Waals surface area contributed by atoms with Crippen molar-refractivity contribution in [2.45, 2.75) is 13.0 Å². The van der Waals surface area contributed by atoms with Crippen molar-refractivity contribution in [3.8, 4) is 23.0 Å². The van der Waals surface area contributed by atoms with Gasteiger partial charge in [0.1, 0.15) is 5.82 Å². The molecule has 0 spiro atoms. The molecule has 2 atom stereocenters. The van der Waals surface area contributed by atoms with Crippen LogP contribution < -0.4 is 24.4 Å². The zero-order valence-corrected chi connectivity index (χ0v) is 18.9. The maximum Gasteiger partial charge on any atom is 0.289 e. The van der Waals surface area contributed by atoms with Crippen molar-refractivity contribution in [2.24, 2.45) is 16.2 Å². The van der Waals surface area contributed by atoms with Crippen molar-refractivity contribution in [1.82, 2.24) is 5.43 Å². The Morgan fingerprint density at radius 2 is 1.94 bits per heavy atom. The molecule has 9 nitrogen and oxygen atoms in total. The number of ether oxygens (including phenoxy) is 4. The van der Waals surface area contributed by atoms with Gasteiger partial charge in [0, 0.05) is 5.56 Å². The van der Waals surface area contributed by atoms with Crippen LogP contribution in [0, 0.1) is 11.7 Å². The Hall–Kier alpha value is -3.34. The molecule has 0 unspecified atom stereocenters. The zero-order valence-electron chi connectivity index (χ0n) is 17.3. The first-order chi connectivity index (χ1) is 15.5. The van der Waals surface area contributed by atoms with Crippen LogP contribution in [-0.4, -0.2) is 38.8 Å². The standard InChI is InChI=1S/C21H19BrFN3O6/c1-10-15(21(27)25-24-8-11-6-4-5-7-12(11)23)26-32-16(10)13-14(22)18(29-3)20-19(17(13)28-2)30-9-31-20/h4-8,10,16H,9H2,1-3H3,(H,25,27)/b24-8-/t10-,16-/m1/s1. The highest BCUT2D eigenvalue weighted by atomic mass is 79.9. The highest BCUT2D eigenvalue weighted by Gasteiger charge is 2.42. The molecule has 2 aliphatic heterocycles. The van der Waals surface area contributed by atoms with E-state index in [0.717, 1.165) is 0 Å². The number of nitrogens with one attached hydrogen (secondary N) is 1. The van der Waals surface area contributed by atoms with Crippen molar-refractivity contribution in [3.05, 3.63) is 45.7 Å². The summed E-state index contributed by atoms with van der Waals surface area (Å²) in [6.45, 7) is 1.79. The van der Waals surface area contributed by atoms with Gasteiger partial charge in [0.05, 0.1) is 36.4 Å². The third-order valence-corrected chi connectivity index (χ3v) is 5.84. The first kappa shape index (κ1) is 21.9. The number of benzene rings is 2. The van der Waals surface area contributed by atoms with E-state index in [1.165, 1.54) is 32.6 Å². The topological polar surface area (TPSA) is 100.0 Å². The summed E-state index contributed by atoms with van der Waals surface area (Å²) in [6, 6.07) is 6.07. The lowest BCUT2D eigenvalue weighted by molar-refractivity contribution is -0.115. The minimum Gasteiger partial charge on any atom is -0.492 e. The number of halogens is 2. The quantitative estimate of drug-likeness (QED) is 0.474. The molecule has 0 fully saturated rings. The molecular formula is C21H19BrFN3O6. The van der Waals surface area contributed by atoms with Crippen LogP contribution in [-0.2, 0) is 9.63 Å². The normalized spacial score (nSPS) is 19.0. The molecule has 2 aromatic rings. The number of carbonyl (C=O) groups is 1. The number of hydrazone groups is 1. The molecular weight excluding hydrogens is 489 g/mol. The number of nitrogens with zero attached hydrogens (tertiary/aromatic N) is 2. The molecule has 1 amide bonds. The molecule has 0 saturated heterocycles. The Morgan fingerprint density at radius 3 is 2.62 bits per heavy atom. The van der Waals surface area contributed by atoms with E-state index in [-0.39, 0.29) is 18.1 Å². The fraction of sp³-hybridized carbons (Fsp3) is 0.286. The van der Waals surface area contributed by atoms with Gasteiger partial charge in [-0.2, -0.15) is 5.10 Å². The van der Waals surface area contributed by atoms with Crippen molar-refractivity contribution >= 4 is 33.8 Å². The van der Waals surface area contributed by atoms with Crippen LogP contribution in [0.25, 0.3) is 0 Å². The van der Waals surface area contributed by atoms with Crippen LogP contribution in [0.3, 0.4) is 0 Å². The number of methoxy groups -OCH3 is 2. The summed E-state index contributed by atoms with van der Waals surface area (Å²) in [5.41, 5.74) is 3.27. The lowest BCUT2D eigenvalue weighted by Gasteiger charge is -2.21. The van der Waals surface area contributed by atoms with E-state index < -0.39 is 23.7 Å². The number of rotatable bonds is 6. The van der Waals surface area contributed by atoms with E-state index in [1.54, 1.807) is 19.1 Å². The van der Waals surface area contributed by atoms with Gasteiger partial charge >= 0.3 is 0 Å². The largest absolute Gasteiger partial charge is 0.492 e. The smallest absolute Gasteiger partial charge is 0.289 e. The highest BCUT2D eigenvalue weighted by Crippen LogP contribution is 2.57. The lowest BCUT2D eigenvalue weighted by Crippen LogP contribution is -2.31. The molecule has 11 heteroatoms. The van der Waals surface area contributed by atoms with Crippen LogP contribution >= 0.6 is 15.9 Å². The van der Waals surface area contributed by atoms with Crippen molar-refractivity contribution in [1.29, 1.82) is 0 Å². The van der Waals surface area contributed by atoms with Gasteiger partial charge in [0.15, 0.2) is 23.3 Å². The van der Waals surface area contributed by atoms with E-state index in [1.807, 2.05) is 0 Å². The first-order valence-corrected chi connectivity index (χ1v) is 10.3. The monoisotopic (exact) mass is 507 g/mol. The number of hydrogen-bond donors (Lipinski definition) is 1. The maximum absolute atomic E-state index is 13.7. The van der Waals surface area contributed by atoms with E-state index in [2.05, 4.69) is 31.6 Å². The average Bonchev–Trinajstić information content (AvgIpc) is 3.41. The Balaban J connectivity index is 1.56. The fourth-order valence-corrected chi connectivity index (χ4v) is 4.23. The van der Waals surface area contributed by atoms with Gasteiger partial charge in [-0.1, -0.05) is 30.3 Å². The van der Waals surface area contributed by atoms with Crippen molar-refractivity contribution in [2.75, 3.05) is 21.0 Å². The predicted molar refractivity (Wildman–Crippen MR) is 116 cm³/mol. The average molecular weight is 508 g/mol. The summed E-state index contributed by atoms with van der Waals surface area (Å²) in [4.78, 5) is 18.2. The second kappa shape index (κ2) is 9.03. The van der Waals surface area contributed by atoms with Gasteiger partial charge in [0.25, 0.3) is 5.91 Å². The van der Waals surface area contributed by atoms with Crippen molar-refractivity contribution < 1.29 is 33.0 Å². The first-order valence-electron chi connectivity index (χ1n) is 9.52. The molecule has 2 aliphatic rings. The van der Waals surface area contributed by atoms with E-state index in [4.69, 9.17) is 23.8 Å². The summed E-state index contributed by atoms with van der Waals surface area (Å²) in [5, 5.41) is 7.76. The van der Waals surface area contributed by atoms with E-state index >= 15 is 0 Å². The van der Waals surface area contributed by atoms with Crippen LogP contribution in [0.15, 0.2) is 39.0 Å². The van der Waals surface area contributed by atoms with Gasteiger partial charge in [-0.3, -0.25) is 4.79 Å². The molecule has 4 rings (SSSR count). The van der Waals surface area contributed by atoms with Crippen LogP contribution in [0.4, 0.5) is 4.39 Å². The molecule has 32 heavy (non-hydrogen) atoms. The summed E-state index contributed by atoms with van der Waals surface area (Å²) >= 11 is 3.52. The number of oxime groups is 1. The van der Waals surface area contributed by atoms with Gasteiger partial charge in [-0.05, 0) is 22.0 Å². The van der Waals surface area contributed by atoms with Crippen molar-refractivity contribution in [3.63, 3.8) is 0 Å². The lowest BCUT2D eigenvalue weighted by atomic mass is 9.92. The number of amides is 1. The molecule has 0 bridgehead atoms. The van der Waals surface area contributed by atoms with E-state index in [0.29, 0.717) is 33.0 Å². The van der Waals surface area contributed by atoms with Crippen LogP contribution in [0.5, 0.6) is 23.0 Å². The molecule has 0 aliphatic carbocycles. The molecule has 1 N–H and O–H groups in total. The fourth-order valence-electron chi connectivity index (χ4n) is 3.48. The molecule has 0 radical (unpaired) electrons. The Labute approximate surface area is 191 Å². The molecule has 0 aromatic heterocycles. The molecule has 0 saturated carbocycles. The van der Waals surface area contributed by atoms with E-state index in [9.17, 15) is 9.18 Å². The second-order valence-electron chi connectivity index (χ2n) is 6.87. The van der Waals surface area contributed by atoms with Crippen LogP contribution in [0.1, 0.15) is 24.2 Å². The highest BCUT2D eigenvalue weighted by molar-refractivity contribution is 9.10. The Kier molecular flexibility index (Phi) is 6.17. The third kappa shape index (κ3) is 3.72. The molecule has 2 aromatic carbocycles. The van der Waals surface area contributed by atoms with Gasteiger partial charge in [-0.25, -0.2) is 9.82 Å². The number of carbonyl (C=O) groups excluding carboxylic acids is 1. The number of hydrogen-bond acceptors (Lipinski definition) is 8. The second-order valence-corrected chi connectivity index (χ2v) is 7.66. The molecule has 2 heterocycles. The van der Waals surface area contributed by atoms with Gasteiger partial charge in [-0.15, -0.1) is 0 Å². The Morgan fingerprint density at radius 1 is 1.25 bits per heavy atom. The van der Waals surface area contributed by atoms with Crippen LogP contribution in [0.2, 0.25) is 0 Å². The zero-order chi connectivity index (χ0) is 22.8. The van der Waals surface area contributed by atoms with Gasteiger partial charge < -0.3 is 23.8 Å². The number of fused-ring (bicyclic) bond motifs is 1. The predicted octanol–water partition coefficient (Wildman–Crippen LogP) is 3.55. The maximum atomic E-state index is 13.7. The SMILES string of the molecule is COc1c(Br)c([C@@H]2ON=C(C(=O)N/N=C\c3ccccc3F)[C@H]2C)c(OC)c2c1OCO2. The summed E-state index contributed by atoms with van der Waals surface area (Å²) < 4.78 is 36.3. The summed E-state index contributed by atoms with van der Waals surface area (Å²) in [5.74, 6) is 0.0872. The Bertz CT molecular complexity index is 1120. The minimum atomic E-state index is -0.681. The minimum absolute atomic E-state index is 0.0171. The summed E-state index contributed by atoms with van der Waals surface area (Å²) in [6.07, 6.45) is 0.535. The van der Waals surface area contributed by atoms with Gasteiger partial charge in [0.2, 0.25) is 18.3 Å². The third-order valence-electron chi connectivity index (χ3n) is 5.06. The summed E-state index contributed by atoms with van der Waals surface area (Å²) in [7, 11) is 2.99.